The summed E-state index contributed by atoms with van der Waals surface area (Å²) in [6.07, 6.45) is 6.16. The van der Waals surface area contributed by atoms with Crippen LogP contribution < -0.4 is 10.6 Å². The third-order valence-corrected chi connectivity index (χ3v) is 6.87. The average molecular weight is 455 g/mol. The quantitative estimate of drug-likeness (QED) is 0.336. The highest BCUT2D eigenvalue weighted by Crippen LogP contribution is 2.57. The summed E-state index contributed by atoms with van der Waals surface area (Å²) < 4.78 is 5.90. The molecule has 0 bridgehead atoms. The molecule has 3 aliphatic rings. The van der Waals surface area contributed by atoms with E-state index in [9.17, 15) is 5.11 Å². The number of rotatable bonds is 5. The lowest BCUT2D eigenvalue weighted by Gasteiger charge is -2.61. The minimum Gasteiger partial charge on any atom is -0.387 e. The number of thioether (sulfide) groups is 1. The fraction of sp³-hybridized carbons (Fsp3) is 0.938. The smallest absolute Gasteiger partial charge is 0.191 e. The summed E-state index contributed by atoms with van der Waals surface area (Å²) in [4.78, 5) is 4.33. The highest BCUT2D eigenvalue weighted by Gasteiger charge is 2.59. The lowest BCUT2D eigenvalue weighted by atomic mass is 9.51. The molecule has 0 radical (unpaired) electrons. The van der Waals surface area contributed by atoms with Gasteiger partial charge in [0.15, 0.2) is 5.96 Å². The van der Waals surface area contributed by atoms with Crippen LogP contribution in [-0.4, -0.2) is 60.5 Å². The van der Waals surface area contributed by atoms with Crippen LogP contribution in [0.4, 0.5) is 0 Å². The zero-order valence-electron chi connectivity index (χ0n) is 14.1. The standard InChI is InChI=1S/C16H29N3O2S.HI/c1-3-21-13-9-12(16(13)5-4-6-16)19-14(17-2)18-10-15(20)7-8-22-11-15;/h12-13,20H,3-11H2,1-2H3,(H2,17,18,19);1H. The third-order valence-electron chi connectivity index (χ3n) is 5.64. The summed E-state index contributed by atoms with van der Waals surface area (Å²) in [5.41, 5.74) is -0.252. The molecule has 1 spiro atoms. The Morgan fingerprint density at radius 3 is 2.70 bits per heavy atom. The van der Waals surface area contributed by atoms with E-state index in [1.807, 2.05) is 11.8 Å². The second kappa shape index (κ2) is 8.10. The van der Waals surface area contributed by atoms with Crippen LogP contribution in [-0.2, 0) is 4.74 Å². The first-order chi connectivity index (χ1) is 10.6. The van der Waals surface area contributed by atoms with E-state index in [2.05, 4.69) is 22.5 Å². The number of hydrogen-bond donors (Lipinski definition) is 3. The number of nitrogens with one attached hydrogen (secondary N) is 2. The normalized spacial score (nSPS) is 35.2. The predicted octanol–water partition coefficient (Wildman–Crippen LogP) is 1.99. The zero-order chi connectivity index (χ0) is 15.6. The molecule has 0 amide bonds. The number of guanidine groups is 1. The van der Waals surface area contributed by atoms with E-state index in [1.54, 1.807) is 7.05 Å². The summed E-state index contributed by atoms with van der Waals surface area (Å²) in [5, 5.41) is 17.3. The molecule has 1 heterocycles. The minimum atomic E-state index is -0.579. The van der Waals surface area contributed by atoms with Crippen LogP contribution in [0.1, 0.15) is 39.0 Å². The number of aliphatic hydroxyl groups is 1. The van der Waals surface area contributed by atoms with Gasteiger partial charge in [-0.3, -0.25) is 4.99 Å². The maximum atomic E-state index is 10.4. The Balaban J connectivity index is 0.00000192. The third kappa shape index (κ3) is 3.93. The van der Waals surface area contributed by atoms with Gasteiger partial charge in [0.1, 0.15) is 0 Å². The summed E-state index contributed by atoms with van der Waals surface area (Å²) >= 11 is 1.82. The molecular formula is C16H30IN3O2S. The van der Waals surface area contributed by atoms with Gasteiger partial charge in [0.2, 0.25) is 0 Å². The first-order valence-electron chi connectivity index (χ1n) is 8.51. The molecule has 2 saturated carbocycles. The van der Waals surface area contributed by atoms with E-state index in [1.165, 1.54) is 19.3 Å². The summed E-state index contributed by atoms with van der Waals surface area (Å²) in [6, 6.07) is 0.455. The molecule has 3 atom stereocenters. The molecule has 3 fully saturated rings. The molecule has 7 heteroatoms. The second-order valence-corrected chi connectivity index (χ2v) is 8.02. The van der Waals surface area contributed by atoms with Crippen LogP contribution in [0.3, 0.4) is 0 Å². The topological polar surface area (TPSA) is 65.9 Å². The van der Waals surface area contributed by atoms with Gasteiger partial charge in [-0.2, -0.15) is 11.8 Å². The number of hydrogen-bond acceptors (Lipinski definition) is 4. The number of halogens is 1. The van der Waals surface area contributed by atoms with Crippen molar-refractivity contribution < 1.29 is 9.84 Å². The van der Waals surface area contributed by atoms with Gasteiger partial charge in [0, 0.05) is 37.4 Å². The first-order valence-corrected chi connectivity index (χ1v) is 9.66. The lowest BCUT2D eigenvalue weighted by molar-refractivity contribution is -0.168. The van der Waals surface area contributed by atoms with Crippen LogP contribution in [0.5, 0.6) is 0 Å². The van der Waals surface area contributed by atoms with E-state index >= 15 is 0 Å². The summed E-state index contributed by atoms with van der Waals surface area (Å²) in [5.74, 6) is 2.68. The molecule has 23 heavy (non-hydrogen) atoms. The van der Waals surface area contributed by atoms with E-state index in [-0.39, 0.29) is 24.0 Å². The fourth-order valence-corrected chi connectivity index (χ4v) is 5.28. The van der Waals surface area contributed by atoms with Crippen LogP contribution in [0.15, 0.2) is 4.99 Å². The number of aliphatic imine (C=N–C) groups is 1. The van der Waals surface area contributed by atoms with Crippen molar-refractivity contribution in [3.8, 4) is 0 Å². The van der Waals surface area contributed by atoms with Crippen molar-refractivity contribution in [2.75, 3.05) is 31.7 Å². The molecule has 3 unspecified atom stereocenters. The molecule has 1 saturated heterocycles. The number of nitrogens with zero attached hydrogens (tertiary/aromatic N) is 1. The van der Waals surface area contributed by atoms with E-state index < -0.39 is 5.60 Å². The van der Waals surface area contributed by atoms with Crippen LogP contribution in [0, 0.1) is 5.41 Å². The number of ether oxygens (including phenoxy) is 1. The van der Waals surface area contributed by atoms with Crippen molar-refractivity contribution in [2.24, 2.45) is 10.4 Å². The van der Waals surface area contributed by atoms with Crippen molar-refractivity contribution >= 4 is 41.7 Å². The van der Waals surface area contributed by atoms with E-state index in [0.717, 1.165) is 36.9 Å². The van der Waals surface area contributed by atoms with Crippen molar-refractivity contribution in [3.63, 3.8) is 0 Å². The lowest BCUT2D eigenvalue weighted by Crippen LogP contribution is -2.69. The van der Waals surface area contributed by atoms with Crippen molar-refractivity contribution in [2.45, 2.75) is 56.8 Å². The maximum Gasteiger partial charge on any atom is 0.191 e. The summed E-state index contributed by atoms with van der Waals surface area (Å²) in [6.45, 7) is 3.46. The van der Waals surface area contributed by atoms with Gasteiger partial charge >= 0.3 is 0 Å². The molecular weight excluding hydrogens is 425 g/mol. The molecule has 5 nitrogen and oxygen atoms in total. The Bertz CT molecular complexity index is 426. The Morgan fingerprint density at radius 2 is 2.17 bits per heavy atom. The maximum absolute atomic E-state index is 10.4. The minimum absolute atomic E-state index is 0. The van der Waals surface area contributed by atoms with Gasteiger partial charge in [-0.05, 0) is 38.4 Å². The predicted molar refractivity (Wildman–Crippen MR) is 107 cm³/mol. The molecule has 2 aliphatic carbocycles. The van der Waals surface area contributed by atoms with E-state index in [4.69, 9.17) is 4.74 Å². The van der Waals surface area contributed by atoms with Gasteiger partial charge in [-0.25, -0.2) is 0 Å². The molecule has 3 rings (SSSR count). The van der Waals surface area contributed by atoms with Gasteiger partial charge in [-0.15, -0.1) is 24.0 Å². The Morgan fingerprint density at radius 1 is 1.39 bits per heavy atom. The highest BCUT2D eigenvalue weighted by molar-refractivity contribution is 14.0. The molecule has 0 aromatic carbocycles. The molecule has 0 aromatic heterocycles. The molecule has 0 aromatic rings. The van der Waals surface area contributed by atoms with Gasteiger partial charge in [-0.1, -0.05) is 6.42 Å². The Labute approximate surface area is 160 Å². The molecule has 134 valence electrons. The summed E-state index contributed by atoms with van der Waals surface area (Å²) in [7, 11) is 1.80. The van der Waals surface area contributed by atoms with Crippen molar-refractivity contribution in [1.29, 1.82) is 0 Å². The van der Waals surface area contributed by atoms with Crippen molar-refractivity contribution in [3.05, 3.63) is 0 Å². The van der Waals surface area contributed by atoms with Crippen LogP contribution >= 0.6 is 35.7 Å². The van der Waals surface area contributed by atoms with Gasteiger partial charge < -0.3 is 20.5 Å². The zero-order valence-corrected chi connectivity index (χ0v) is 17.3. The Kier molecular flexibility index (Phi) is 6.90. The SMILES string of the molecule is CCOC1CC(NC(=NC)NCC2(O)CCSC2)C12CCC2.I. The monoisotopic (exact) mass is 455 g/mol. The largest absolute Gasteiger partial charge is 0.387 e. The fourth-order valence-electron chi connectivity index (χ4n) is 3.98. The Hall–Kier alpha value is 0.270. The molecule has 3 N–H and O–H groups in total. The van der Waals surface area contributed by atoms with Gasteiger partial charge in [0.05, 0.1) is 11.7 Å². The highest BCUT2D eigenvalue weighted by atomic mass is 127. The first kappa shape index (κ1) is 19.6. The average Bonchev–Trinajstić information content (AvgIpc) is 2.86. The van der Waals surface area contributed by atoms with Gasteiger partial charge in [0.25, 0.3) is 0 Å². The van der Waals surface area contributed by atoms with E-state index in [0.29, 0.717) is 24.1 Å². The van der Waals surface area contributed by atoms with Crippen LogP contribution in [0.25, 0.3) is 0 Å². The van der Waals surface area contributed by atoms with Crippen LogP contribution in [0.2, 0.25) is 0 Å². The second-order valence-electron chi connectivity index (χ2n) is 6.92. The molecule has 1 aliphatic heterocycles. The van der Waals surface area contributed by atoms with Crippen molar-refractivity contribution in [1.82, 2.24) is 10.6 Å².